The lowest BCUT2D eigenvalue weighted by Crippen LogP contribution is -2.55. The largest absolute Gasteiger partial charge is 0.378 e. The highest BCUT2D eigenvalue weighted by molar-refractivity contribution is 7.92. The fourth-order valence-electron chi connectivity index (χ4n) is 4.62. The van der Waals surface area contributed by atoms with E-state index in [-0.39, 0.29) is 28.7 Å². The number of piperidine rings is 1. The Kier molecular flexibility index (Phi) is 4.76. The van der Waals surface area contributed by atoms with Gasteiger partial charge >= 0.3 is 0 Å². The van der Waals surface area contributed by atoms with E-state index in [1.54, 1.807) is 19.9 Å². The first kappa shape index (κ1) is 19.4. The normalized spacial score (nSPS) is 26.1. The zero-order valence-electron chi connectivity index (χ0n) is 16.5. The van der Waals surface area contributed by atoms with Crippen LogP contribution in [0, 0.1) is 0 Å². The van der Waals surface area contributed by atoms with Gasteiger partial charge in [-0.2, -0.15) is 0 Å². The van der Waals surface area contributed by atoms with Gasteiger partial charge in [0, 0.05) is 23.5 Å². The molecule has 0 radical (unpaired) electrons. The predicted molar refractivity (Wildman–Crippen MR) is 107 cm³/mol. The van der Waals surface area contributed by atoms with E-state index < -0.39 is 21.0 Å². The molecule has 3 heterocycles. The number of carbonyl (C=O) groups excluding carboxylic acids is 1. The summed E-state index contributed by atoms with van der Waals surface area (Å²) in [5, 5.41) is 0.0297. The third-order valence-electron chi connectivity index (χ3n) is 6.23. The van der Waals surface area contributed by atoms with Crippen LogP contribution in [-0.2, 0) is 14.6 Å². The number of benzene rings is 1. The Hall–Kier alpha value is -1.90. The Morgan fingerprint density at radius 2 is 1.75 bits per heavy atom. The van der Waals surface area contributed by atoms with Crippen LogP contribution in [0.3, 0.4) is 0 Å². The number of nitrogens with zero attached hydrogens (tertiary/aromatic N) is 2. The molecule has 2 aliphatic heterocycles. The molecular weight excluding hydrogens is 378 g/mol. The fourth-order valence-corrected chi connectivity index (χ4v) is 6.08. The van der Waals surface area contributed by atoms with Gasteiger partial charge in [0.1, 0.15) is 5.03 Å². The van der Waals surface area contributed by atoms with Gasteiger partial charge in [-0.25, -0.2) is 8.42 Å². The topological polar surface area (TPSA) is 94.6 Å². The number of rotatable bonds is 4. The molecule has 2 aromatic rings. The van der Waals surface area contributed by atoms with Crippen LogP contribution < -0.4 is 5.73 Å². The molecule has 8 heteroatoms. The molecule has 2 atom stereocenters. The van der Waals surface area contributed by atoms with Gasteiger partial charge in [0.05, 0.1) is 29.5 Å². The summed E-state index contributed by atoms with van der Waals surface area (Å²) in [7, 11) is -1.61. The summed E-state index contributed by atoms with van der Waals surface area (Å²) >= 11 is 0. The predicted octanol–water partition coefficient (Wildman–Crippen LogP) is 1.96. The third kappa shape index (κ3) is 2.86. The van der Waals surface area contributed by atoms with Crippen LogP contribution in [0.25, 0.3) is 10.9 Å². The first-order valence-electron chi connectivity index (χ1n) is 9.69. The van der Waals surface area contributed by atoms with Crippen LogP contribution in [-0.4, -0.2) is 61.4 Å². The van der Waals surface area contributed by atoms with Gasteiger partial charge < -0.3 is 15.0 Å². The molecular formula is C20H27N3O4S. The Labute approximate surface area is 165 Å². The first-order chi connectivity index (χ1) is 13.2. The first-order valence-corrected chi connectivity index (χ1v) is 11.2. The SMILES string of the molecule is CC(C)S(=O)(=O)c1c(C(N)=O)c2ccccc2n1C1CC2COCC(C1)N2C. The molecule has 7 nitrogen and oxygen atoms in total. The second-order valence-corrected chi connectivity index (χ2v) is 10.6. The zero-order chi connectivity index (χ0) is 20.2. The van der Waals surface area contributed by atoms with Crippen molar-refractivity contribution in [2.24, 2.45) is 5.73 Å². The fraction of sp³-hybridized carbons (Fsp3) is 0.550. The molecule has 28 heavy (non-hydrogen) atoms. The molecule has 0 aliphatic carbocycles. The number of fused-ring (bicyclic) bond motifs is 3. The summed E-state index contributed by atoms with van der Waals surface area (Å²) < 4.78 is 34.3. The number of primary amides is 1. The summed E-state index contributed by atoms with van der Waals surface area (Å²) in [5.74, 6) is -0.703. The van der Waals surface area contributed by atoms with Crippen LogP contribution in [0.4, 0.5) is 0 Å². The minimum absolute atomic E-state index is 0.0309. The molecule has 2 aliphatic rings. The summed E-state index contributed by atoms with van der Waals surface area (Å²) in [6.45, 7) is 4.55. The van der Waals surface area contributed by atoms with Crippen LogP contribution in [0.5, 0.6) is 0 Å². The zero-order valence-corrected chi connectivity index (χ0v) is 17.3. The molecule has 0 saturated carbocycles. The molecule has 2 unspecified atom stereocenters. The minimum Gasteiger partial charge on any atom is -0.378 e. The van der Waals surface area contributed by atoms with Crippen molar-refractivity contribution in [3.63, 3.8) is 0 Å². The summed E-state index contributed by atoms with van der Waals surface area (Å²) in [6.07, 6.45) is 1.54. The average Bonchev–Trinajstić information content (AvgIpc) is 2.97. The Morgan fingerprint density at radius 1 is 1.14 bits per heavy atom. The Morgan fingerprint density at radius 3 is 2.32 bits per heavy atom. The van der Waals surface area contributed by atoms with Crippen LogP contribution >= 0.6 is 0 Å². The van der Waals surface area contributed by atoms with E-state index in [4.69, 9.17) is 10.5 Å². The third-order valence-corrected chi connectivity index (χ3v) is 8.41. The van der Waals surface area contributed by atoms with Crippen molar-refractivity contribution in [3.05, 3.63) is 29.8 Å². The van der Waals surface area contributed by atoms with Crippen molar-refractivity contribution in [2.45, 2.75) is 55.1 Å². The Balaban J connectivity index is 1.99. The highest BCUT2D eigenvalue weighted by atomic mass is 32.2. The quantitative estimate of drug-likeness (QED) is 0.839. The van der Waals surface area contributed by atoms with Crippen LogP contribution in [0.2, 0.25) is 0 Å². The number of hydrogen-bond acceptors (Lipinski definition) is 5. The summed E-state index contributed by atoms with van der Waals surface area (Å²) in [6, 6.07) is 7.76. The lowest BCUT2D eigenvalue weighted by molar-refractivity contribution is -0.0727. The van der Waals surface area contributed by atoms with Gasteiger partial charge in [-0.1, -0.05) is 18.2 Å². The van der Waals surface area contributed by atoms with E-state index in [1.807, 2.05) is 22.8 Å². The van der Waals surface area contributed by atoms with E-state index in [2.05, 4.69) is 11.9 Å². The number of nitrogens with two attached hydrogens (primary N) is 1. The lowest BCUT2D eigenvalue weighted by atomic mass is 9.90. The van der Waals surface area contributed by atoms with Crippen molar-refractivity contribution < 1.29 is 17.9 Å². The molecule has 2 fully saturated rings. The number of aromatic nitrogens is 1. The molecule has 2 saturated heterocycles. The number of carbonyl (C=O) groups is 1. The van der Waals surface area contributed by atoms with E-state index in [9.17, 15) is 13.2 Å². The van der Waals surface area contributed by atoms with Crippen molar-refractivity contribution in [3.8, 4) is 0 Å². The second-order valence-electron chi connectivity index (χ2n) is 8.16. The standard InChI is InChI=1S/C20H27N3O4S/c1-12(2)28(25,26)20-18(19(21)24)16-6-4-5-7-17(16)23(20)13-8-14-10-27-11-15(9-13)22(14)3/h4-7,12-15H,8-11H2,1-3H3,(H2,21,24). The van der Waals surface area contributed by atoms with E-state index in [0.29, 0.717) is 18.6 Å². The second kappa shape index (κ2) is 6.86. The molecule has 2 N–H and O–H groups in total. The van der Waals surface area contributed by atoms with Gasteiger partial charge in [-0.05, 0) is 39.8 Å². The van der Waals surface area contributed by atoms with Gasteiger partial charge in [0.25, 0.3) is 5.91 Å². The van der Waals surface area contributed by atoms with E-state index in [1.165, 1.54) is 0 Å². The van der Waals surface area contributed by atoms with Crippen molar-refractivity contribution in [1.82, 2.24) is 9.47 Å². The lowest BCUT2D eigenvalue weighted by Gasteiger charge is -2.47. The minimum atomic E-state index is -3.71. The van der Waals surface area contributed by atoms with Crippen LogP contribution in [0.15, 0.2) is 29.3 Å². The number of likely N-dealkylation sites (N-methyl/N-ethyl adjacent to an activating group) is 1. The number of morpholine rings is 1. The molecule has 1 aromatic heterocycles. The van der Waals surface area contributed by atoms with Gasteiger partial charge in [-0.3, -0.25) is 9.69 Å². The molecule has 1 aromatic carbocycles. The average molecular weight is 406 g/mol. The molecule has 152 valence electrons. The summed E-state index contributed by atoms with van der Waals surface area (Å²) in [5.41, 5.74) is 6.56. The number of ether oxygens (including phenoxy) is 1. The van der Waals surface area contributed by atoms with Crippen molar-refractivity contribution in [1.29, 1.82) is 0 Å². The van der Waals surface area contributed by atoms with Gasteiger partial charge in [-0.15, -0.1) is 0 Å². The van der Waals surface area contributed by atoms with Crippen LogP contribution in [0.1, 0.15) is 43.1 Å². The monoisotopic (exact) mass is 405 g/mol. The number of hydrogen-bond donors (Lipinski definition) is 1. The van der Waals surface area contributed by atoms with E-state index in [0.717, 1.165) is 18.4 Å². The van der Waals surface area contributed by atoms with Crippen molar-refractivity contribution in [2.75, 3.05) is 20.3 Å². The Bertz CT molecular complexity index is 1010. The molecule has 1 amide bonds. The maximum absolute atomic E-state index is 13.3. The maximum Gasteiger partial charge on any atom is 0.252 e. The highest BCUT2D eigenvalue weighted by Gasteiger charge is 2.41. The molecule has 2 bridgehead atoms. The van der Waals surface area contributed by atoms with Gasteiger partial charge in [0.2, 0.25) is 0 Å². The number of para-hydroxylation sites is 1. The van der Waals surface area contributed by atoms with Crippen molar-refractivity contribution >= 4 is 26.6 Å². The number of sulfone groups is 1. The molecule has 4 rings (SSSR count). The molecule has 0 spiro atoms. The smallest absolute Gasteiger partial charge is 0.252 e. The maximum atomic E-state index is 13.3. The van der Waals surface area contributed by atoms with Gasteiger partial charge in [0.15, 0.2) is 9.84 Å². The highest BCUT2D eigenvalue weighted by Crippen LogP contribution is 2.41. The van der Waals surface area contributed by atoms with E-state index >= 15 is 0 Å². The summed E-state index contributed by atoms with van der Waals surface area (Å²) in [4.78, 5) is 14.7. The number of amides is 1.